The summed E-state index contributed by atoms with van der Waals surface area (Å²) >= 11 is 0. The van der Waals surface area contributed by atoms with Crippen molar-refractivity contribution in [3.63, 3.8) is 0 Å². The normalized spacial score (nSPS) is 17.9. The third kappa shape index (κ3) is 6.50. The Morgan fingerprint density at radius 1 is 1.35 bits per heavy atom. The molecule has 1 heterocycles. The molecule has 1 N–H and O–H groups in total. The second-order valence-corrected chi connectivity index (χ2v) is 6.12. The molecule has 0 atom stereocenters. The van der Waals surface area contributed by atoms with Crippen LogP contribution in [0.3, 0.4) is 0 Å². The van der Waals surface area contributed by atoms with Gasteiger partial charge < -0.3 is 15.0 Å². The molecule has 0 saturated carbocycles. The maximum absolute atomic E-state index is 11.6. The van der Waals surface area contributed by atoms with Crippen molar-refractivity contribution in [1.29, 1.82) is 0 Å². The molecule has 0 bridgehead atoms. The molecule has 0 aliphatic carbocycles. The van der Waals surface area contributed by atoms with Gasteiger partial charge in [-0.1, -0.05) is 6.08 Å². The zero-order chi connectivity index (χ0) is 15.0. The van der Waals surface area contributed by atoms with E-state index in [1.165, 1.54) is 0 Å². The van der Waals surface area contributed by atoms with Crippen LogP contribution in [-0.4, -0.2) is 74.7 Å². The predicted molar refractivity (Wildman–Crippen MR) is 81.8 cm³/mol. The van der Waals surface area contributed by atoms with E-state index in [4.69, 9.17) is 4.74 Å². The Morgan fingerprint density at radius 2 is 2.00 bits per heavy atom. The highest BCUT2D eigenvalue weighted by Crippen LogP contribution is 2.19. The van der Waals surface area contributed by atoms with Gasteiger partial charge in [0.05, 0.1) is 13.2 Å². The van der Waals surface area contributed by atoms with Crippen LogP contribution in [0.15, 0.2) is 12.2 Å². The van der Waals surface area contributed by atoms with Crippen molar-refractivity contribution in [2.45, 2.75) is 25.8 Å². The summed E-state index contributed by atoms with van der Waals surface area (Å²) in [5.74, 6) is -0.00960. The summed E-state index contributed by atoms with van der Waals surface area (Å²) in [4.78, 5) is 16.1. The summed E-state index contributed by atoms with van der Waals surface area (Å²) in [5.41, 5.74) is 0.102. The van der Waals surface area contributed by atoms with Crippen molar-refractivity contribution >= 4 is 5.91 Å². The Balaban J connectivity index is 2.24. The number of likely N-dealkylation sites (N-methyl/N-ethyl adjacent to an activating group) is 1. The van der Waals surface area contributed by atoms with Gasteiger partial charge in [0, 0.05) is 37.8 Å². The topological polar surface area (TPSA) is 44.8 Å². The fourth-order valence-electron chi connectivity index (χ4n) is 2.25. The first-order valence-electron chi connectivity index (χ1n) is 7.34. The zero-order valence-electron chi connectivity index (χ0n) is 13.3. The van der Waals surface area contributed by atoms with Crippen LogP contribution in [0.5, 0.6) is 0 Å². The number of hydrogen-bond acceptors (Lipinski definition) is 4. The number of rotatable bonds is 7. The number of nitrogens with one attached hydrogen (secondary N) is 1. The molecule has 5 nitrogen and oxygen atoms in total. The van der Waals surface area contributed by atoms with Gasteiger partial charge in [0.1, 0.15) is 0 Å². The lowest BCUT2D eigenvalue weighted by atomic mass is 9.97. The van der Waals surface area contributed by atoms with Crippen LogP contribution in [-0.2, 0) is 9.53 Å². The van der Waals surface area contributed by atoms with Crippen LogP contribution in [0.1, 0.15) is 20.3 Å². The lowest BCUT2D eigenvalue weighted by Crippen LogP contribution is -2.51. The minimum Gasteiger partial charge on any atom is -0.379 e. The monoisotopic (exact) mass is 283 g/mol. The molecule has 1 saturated heterocycles. The van der Waals surface area contributed by atoms with Crippen LogP contribution >= 0.6 is 0 Å². The predicted octanol–water partition coefficient (Wildman–Crippen LogP) is 0.721. The molecule has 1 rings (SSSR count). The highest BCUT2D eigenvalue weighted by Gasteiger charge is 2.27. The fraction of sp³-hybridized carbons (Fsp3) is 0.800. The minimum absolute atomic E-state index is 0.00960. The average Bonchev–Trinajstić information content (AvgIpc) is 2.39. The lowest BCUT2D eigenvalue weighted by Gasteiger charge is -2.41. The number of ether oxygens (including phenoxy) is 1. The standard InChI is InChI=1S/C15H29N3O2/c1-15(2,18-10-12-20-13-11-18)7-8-16-14(19)6-5-9-17(3)4/h5-6H,7-13H2,1-4H3,(H,16,19)/b6-5+. The van der Waals surface area contributed by atoms with Gasteiger partial charge in [-0.05, 0) is 34.4 Å². The molecular weight excluding hydrogens is 254 g/mol. The van der Waals surface area contributed by atoms with Gasteiger partial charge in [0.25, 0.3) is 0 Å². The van der Waals surface area contributed by atoms with E-state index in [0.717, 1.165) is 39.3 Å². The summed E-state index contributed by atoms with van der Waals surface area (Å²) < 4.78 is 5.38. The van der Waals surface area contributed by atoms with Crippen molar-refractivity contribution in [2.75, 3.05) is 53.5 Å². The van der Waals surface area contributed by atoms with Gasteiger partial charge in [-0.3, -0.25) is 9.69 Å². The molecule has 116 valence electrons. The van der Waals surface area contributed by atoms with Crippen molar-refractivity contribution in [3.05, 3.63) is 12.2 Å². The molecule has 0 aromatic rings. The average molecular weight is 283 g/mol. The maximum Gasteiger partial charge on any atom is 0.243 e. The molecule has 0 aromatic heterocycles. The van der Waals surface area contributed by atoms with Gasteiger partial charge in [-0.25, -0.2) is 0 Å². The maximum atomic E-state index is 11.6. The molecule has 1 aliphatic rings. The van der Waals surface area contributed by atoms with Crippen LogP contribution in [0.25, 0.3) is 0 Å². The van der Waals surface area contributed by atoms with Crippen LogP contribution in [0, 0.1) is 0 Å². The van der Waals surface area contributed by atoms with E-state index in [1.54, 1.807) is 6.08 Å². The van der Waals surface area contributed by atoms with Crippen LogP contribution in [0.4, 0.5) is 0 Å². The lowest BCUT2D eigenvalue weighted by molar-refractivity contribution is -0.116. The molecule has 0 unspecified atom stereocenters. The minimum atomic E-state index is -0.00960. The van der Waals surface area contributed by atoms with Crippen molar-refractivity contribution in [3.8, 4) is 0 Å². The van der Waals surface area contributed by atoms with Gasteiger partial charge >= 0.3 is 0 Å². The largest absolute Gasteiger partial charge is 0.379 e. The van der Waals surface area contributed by atoms with Gasteiger partial charge in [0.15, 0.2) is 0 Å². The molecule has 1 aliphatic heterocycles. The second-order valence-electron chi connectivity index (χ2n) is 6.12. The SMILES string of the molecule is CN(C)C/C=C/C(=O)NCCC(C)(C)N1CCOCC1. The van der Waals surface area contributed by atoms with E-state index in [0.29, 0.717) is 6.54 Å². The van der Waals surface area contributed by atoms with Crippen LogP contribution in [0.2, 0.25) is 0 Å². The van der Waals surface area contributed by atoms with Crippen molar-refractivity contribution < 1.29 is 9.53 Å². The summed E-state index contributed by atoms with van der Waals surface area (Å²) in [6, 6.07) is 0. The molecule has 0 spiro atoms. The zero-order valence-corrected chi connectivity index (χ0v) is 13.3. The van der Waals surface area contributed by atoms with E-state index < -0.39 is 0 Å². The van der Waals surface area contributed by atoms with Crippen LogP contribution < -0.4 is 5.32 Å². The summed E-state index contributed by atoms with van der Waals surface area (Å²) in [6.07, 6.45) is 4.43. The number of hydrogen-bond donors (Lipinski definition) is 1. The van der Waals surface area contributed by atoms with Gasteiger partial charge in [-0.2, -0.15) is 0 Å². The van der Waals surface area contributed by atoms with Gasteiger partial charge in [-0.15, -0.1) is 0 Å². The quantitative estimate of drug-likeness (QED) is 0.699. The first kappa shape index (κ1) is 17.1. The Hall–Kier alpha value is -0.910. The fourth-order valence-corrected chi connectivity index (χ4v) is 2.25. The molecule has 0 aromatic carbocycles. The molecule has 5 heteroatoms. The highest BCUT2D eigenvalue weighted by atomic mass is 16.5. The summed E-state index contributed by atoms with van der Waals surface area (Å²) in [6.45, 7) is 9.51. The van der Waals surface area contributed by atoms with Crippen molar-refractivity contribution in [1.82, 2.24) is 15.1 Å². The Kier molecular flexibility index (Phi) is 7.19. The third-order valence-electron chi connectivity index (χ3n) is 3.64. The Morgan fingerprint density at radius 3 is 2.60 bits per heavy atom. The molecule has 20 heavy (non-hydrogen) atoms. The number of nitrogens with zero attached hydrogens (tertiary/aromatic N) is 2. The van der Waals surface area contributed by atoms with Gasteiger partial charge in [0.2, 0.25) is 5.91 Å². The summed E-state index contributed by atoms with van der Waals surface area (Å²) in [5, 5.41) is 2.95. The summed E-state index contributed by atoms with van der Waals surface area (Å²) in [7, 11) is 3.96. The van der Waals surface area contributed by atoms with E-state index in [9.17, 15) is 4.79 Å². The smallest absolute Gasteiger partial charge is 0.243 e. The van der Waals surface area contributed by atoms with Crippen molar-refractivity contribution in [2.24, 2.45) is 0 Å². The number of morpholine rings is 1. The highest BCUT2D eigenvalue weighted by molar-refractivity contribution is 5.87. The van der Waals surface area contributed by atoms with E-state index in [-0.39, 0.29) is 11.4 Å². The van der Waals surface area contributed by atoms with E-state index in [1.807, 2.05) is 25.1 Å². The molecule has 1 fully saturated rings. The second kappa shape index (κ2) is 8.39. The molecule has 0 radical (unpaired) electrons. The number of amides is 1. The third-order valence-corrected chi connectivity index (χ3v) is 3.64. The van der Waals surface area contributed by atoms with E-state index in [2.05, 4.69) is 24.1 Å². The first-order valence-corrected chi connectivity index (χ1v) is 7.34. The Bertz CT molecular complexity index is 321. The number of carbonyl (C=O) groups is 1. The first-order chi connectivity index (χ1) is 9.42. The molecular formula is C15H29N3O2. The number of carbonyl (C=O) groups excluding carboxylic acids is 1. The van der Waals surface area contributed by atoms with E-state index >= 15 is 0 Å². The molecule has 1 amide bonds. The Labute approximate surface area is 122 Å².